The van der Waals surface area contributed by atoms with Gasteiger partial charge in [-0.3, -0.25) is 9.10 Å². The van der Waals surface area contributed by atoms with Crippen molar-refractivity contribution in [2.75, 3.05) is 16.2 Å². The molecule has 0 heterocycles. The highest BCUT2D eigenvalue weighted by molar-refractivity contribution is 7.92. The summed E-state index contributed by atoms with van der Waals surface area (Å²) in [5.74, 6) is -0.241. The first kappa shape index (κ1) is 19.3. The van der Waals surface area contributed by atoms with Crippen molar-refractivity contribution >= 4 is 50.5 Å². The summed E-state index contributed by atoms with van der Waals surface area (Å²) in [6, 6.07) is 10.4. The third-order valence-corrected chi connectivity index (χ3v) is 5.58. The van der Waals surface area contributed by atoms with Crippen molar-refractivity contribution in [3.63, 3.8) is 0 Å². The van der Waals surface area contributed by atoms with Crippen LogP contribution in [-0.2, 0) is 14.8 Å². The normalized spacial score (nSPS) is 11.0. The summed E-state index contributed by atoms with van der Waals surface area (Å²) < 4.78 is 27.1. The molecule has 0 aromatic heterocycles. The standard InChI is InChI=1S/C17H16Cl2N2O3S/c1-3-10-21(17-11-13(18)4-9-16(17)19)25(23,24)15-7-5-14(6-8-15)20-12(2)22/h3-9,11H,1,10H2,2H3,(H,20,22). The van der Waals surface area contributed by atoms with Gasteiger partial charge in [-0.25, -0.2) is 8.42 Å². The van der Waals surface area contributed by atoms with Crippen molar-refractivity contribution in [2.45, 2.75) is 11.8 Å². The van der Waals surface area contributed by atoms with Crippen LogP contribution in [0.2, 0.25) is 10.0 Å². The molecule has 0 aliphatic rings. The van der Waals surface area contributed by atoms with E-state index in [9.17, 15) is 13.2 Å². The molecule has 0 bridgehead atoms. The zero-order valence-corrected chi connectivity index (χ0v) is 15.7. The Kier molecular flexibility index (Phi) is 6.11. The number of anilines is 2. The zero-order valence-electron chi connectivity index (χ0n) is 13.4. The molecule has 0 radical (unpaired) electrons. The Labute approximate surface area is 156 Å². The molecular weight excluding hydrogens is 383 g/mol. The van der Waals surface area contributed by atoms with E-state index in [0.717, 1.165) is 4.31 Å². The first-order valence-corrected chi connectivity index (χ1v) is 9.41. The summed E-state index contributed by atoms with van der Waals surface area (Å²) in [7, 11) is -3.89. The van der Waals surface area contributed by atoms with Gasteiger partial charge in [-0.15, -0.1) is 6.58 Å². The predicted molar refractivity (Wildman–Crippen MR) is 102 cm³/mol. The number of halogens is 2. The molecule has 0 saturated heterocycles. The molecule has 2 rings (SSSR count). The lowest BCUT2D eigenvalue weighted by Gasteiger charge is -2.24. The molecule has 0 fully saturated rings. The Balaban J connectivity index is 2.47. The van der Waals surface area contributed by atoms with Gasteiger partial charge < -0.3 is 5.32 Å². The van der Waals surface area contributed by atoms with Crippen LogP contribution in [0.1, 0.15) is 6.92 Å². The van der Waals surface area contributed by atoms with E-state index in [0.29, 0.717) is 10.7 Å². The van der Waals surface area contributed by atoms with E-state index in [4.69, 9.17) is 23.2 Å². The average molecular weight is 399 g/mol. The number of nitrogens with zero attached hydrogens (tertiary/aromatic N) is 1. The molecule has 132 valence electrons. The first-order valence-electron chi connectivity index (χ1n) is 7.22. The molecule has 0 aliphatic heterocycles. The van der Waals surface area contributed by atoms with Crippen molar-refractivity contribution in [3.8, 4) is 0 Å². The molecule has 0 aliphatic carbocycles. The highest BCUT2D eigenvalue weighted by atomic mass is 35.5. The van der Waals surface area contributed by atoms with Gasteiger partial charge in [-0.2, -0.15) is 0 Å². The van der Waals surface area contributed by atoms with Gasteiger partial charge in [0.1, 0.15) is 0 Å². The number of sulfonamides is 1. The fourth-order valence-corrected chi connectivity index (χ4v) is 4.04. The van der Waals surface area contributed by atoms with Crippen molar-refractivity contribution in [2.24, 2.45) is 0 Å². The number of hydrogen-bond acceptors (Lipinski definition) is 3. The monoisotopic (exact) mass is 398 g/mol. The van der Waals surface area contributed by atoms with E-state index in [2.05, 4.69) is 11.9 Å². The second-order valence-electron chi connectivity index (χ2n) is 5.13. The molecule has 0 unspecified atom stereocenters. The molecule has 8 heteroatoms. The Bertz CT molecular complexity index is 897. The van der Waals surface area contributed by atoms with E-state index in [-0.39, 0.29) is 28.1 Å². The number of amides is 1. The highest BCUT2D eigenvalue weighted by Gasteiger charge is 2.26. The number of rotatable bonds is 6. The Morgan fingerprint density at radius 2 is 1.84 bits per heavy atom. The molecule has 25 heavy (non-hydrogen) atoms. The number of carbonyl (C=O) groups is 1. The number of carbonyl (C=O) groups excluding carboxylic acids is 1. The van der Waals surface area contributed by atoms with Crippen molar-refractivity contribution in [1.82, 2.24) is 0 Å². The van der Waals surface area contributed by atoms with Crippen LogP contribution in [0.15, 0.2) is 60.0 Å². The van der Waals surface area contributed by atoms with Crippen LogP contribution in [0.4, 0.5) is 11.4 Å². The van der Waals surface area contributed by atoms with Gasteiger partial charge in [-0.05, 0) is 42.5 Å². The van der Waals surface area contributed by atoms with E-state index in [1.807, 2.05) is 0 Å². The summed E-state index contributed by atoms with van der Waals surface area (Å²) in [6.07, 6.45) is 1.46. The zero-order chi connectivity index (χ0) is 18.6. The largest absolute Gasteiger partial charge is 0.326 e. The number of benzene rings is 2. The lowest BCUT2D eigenvalue weighted by Crippen LogP contribution is -2.31. The van der Waals surface area contributed by atoms with Gasteiger partial charge in [-0.1, -0.05) is 29.3 Å². The topological polar surface area (TPSA) is 66.5 Å². The fourth-order valence-electron chi connectivity index (χ4n) is 2.16. The number of hydrogen-bond donors (Lipinski definition) is 1. The fraction of sp³-hybridized carbons (Fsp3) is 0.118. The Morgan fingerprint density at radius 1 is 1.20 bits per heavy atom. The van der Waals surface area contributed by atoms with Crippen molar-refractivity contribution < 1.29 is 13.2 Å². The molecule has 2 aromatic carbocycles. The Morgan fingerprint density at radius 3 is 2.40 bits per heavy atom. The minimum atomic E-state index is -3.89. The molecular formula is C17H16Cl2N2O3S. The maximum absolute atomic E-state index is 13.0. The summed E-state index contributed by atoms with van der Waals surface area (Å²) in [4.78, 5) is 11.1. The molecule has 0 spiro atoms. The van der Waals surface area contributed by atoms with Crippen LogP contribution in [0.3, 0.4) is 0 Å². The van der Waals surface area contributed by atoms with E-state index in [1.165, 1.54) is 49.4 Å². The minimum absolute atomic E-state index is 0.0237. The molecule has 5 nitrogen and oxygen atoms in total. The molecule has 2 aromatic rings. The van der Waals surface area contributed by atoms with Gasteiger partial charge >= 0.3 is 0 Å². The lowest BCUT2D eigenvalue weighted by molar-refractivity contribution is -0.114. The highest BCUT2D eigenvalue weighted by Crippen LogP contribution is 2.33. The van der Waals surface area contributed by atoms with Gasteiger partial charge in [0.2, 0.25) is 5.91 Å². The van der Waals surface area contributed by atoms with Gasteiger partial charge in [0, 0.05) is 17.6 Å². The second kappa shape index (κ2) is 7.91. The van der Waals surface area contributed by atoms with Crippen molar-refractivity contribution in [1.29, 1.82) is 0 Å². The maximum Gasteiger partial charge on any atom is 0.264 e. The van der Waals surface area contributed by atoms with E-state index in [1.54, 1.807) is 6.07 Å². The first-order chi connectivity index (χ1) is 11.8. The van der Waals surface area contributed by atoms with Gasteiger partial charge in [0.15, 0.2) is 0 Å². The van der Waals surface area contributed by atoms with Crippen LogP contribution in [0, 0.1) is 0 Å². The van der Waals surface area contributed by atoms with Gasteiger partial charge in [0.05, 0.1) is 22.2 Å². The average Bonchev–Trinajstić information content (AvgIpc) is 2.55. The van der Waals surface area contributed by atoms with Crippen LogP contribution >= 0.6 is 23.2 Å². The van der Waals surface area contributed by atoms with Crippen LogP contribution in [0.25, 0.3) is 0 Å². The van der Waals surface area contributed by atoms with Crippen LogP contribution in [-0.4, -0.2) is 20.9 Å². The minimum Gasteiger partial charge on any atom is -0.326 e. The second-order valence-corrected chi connectivity index (χ2v) is 7.83. The predicted octanol–water partition coefficient (Wildman–Crippen LogP) is 4.33. The SMILES string of the molecule is C=CCN(c1cc(Cl)ccc1Cl)S(=O)(=O)c1ccc(NC(C)=O)cc1. The summed E-state index contributed by atoms with van der Waals surface area (Å²) in [5, 5.41) is 3.20. The summed E-state index contributed by atoms with van der Waals surface area (Å²) >= 11 is 12.1. The molecule has 1 N–H and O–H groups in total. The van der Waals surface area contributed by atoms with Crippen molar-refractivity contribution in [3.05, 3.63) is 65.2 Å². The van der Waals surface area contributed by atoms with Crippen LogP contribution < -0.4 is 9.62 Å². The lowest BCUT2D eigenvalue weighted by atomic mass is 10.3. The smallest absolute Gasteiger partial charge is 0.264 e. The van der Waals surface area contributed by atoms with E-state index < -0.39 is 10.0 Å². The quantitative estimate of drug-likeness (QED) is 0.736. The third kappa shape index (κ3) is 4.54. The summed E-state index contributed by atoms with van der Waals surface area (Å²) in [6.45, 7) is 5.00. The number of nitrogens with one attached hydrogen (secondary N) is 1. The molecule has 1 amide bonds. The van der Waals surface area contributed by atoms with Gasteiger partial charge in [0.25, 0.3) is 10.0 Å². The maximum atomic E-state index is 13.0. The van der Waals surface area contributed by atoms with Crippen LogP contribution in [0.5, 0.6) is 0 Å². The third-order valence-electron chi connectivity index (χ3n) is 3.23. The summed E-state index contributed by atoms with van der Waals surface area (Å²) in [5.41, 5.74) is 0.766. The molecule has 0 atom stereocenters. The Hall–Kier alpha value is -2.02. The van der Waals surface area contributed by atoms with E-state index >= 15 is 0 Å². The molecule has 0 saturated carbocycles.